The van der Waals surface area contributed by atoms with E-state index in [0.29, 0.717) is 23.3 Å². The van der Waals surface area contributed by atoms with Gasteiger partial charge in [0.2, 0.25) is 5.91 Å². The van der Waals surface area contributed by atoms with E-state index in [9.17, 15) is 4.79 Å². The van der Waals surface area contributed by atoms with Gasteiger partial charge in [0.1, 0.15) is 0 Å². The van der Waals surface area contributed by atoms with Gasteiger partial charge >= 0.3 is 0 Å². The van der Waals surface area contributed by atoms with E-state index >= 15 is 0 Å². The molecule has 2 rings (SSSR count). The Morgan fingerprint density at radius 1 is 1.17 bits per heavy atom. The fourth-order valence-corrected chi connectivity index (χ4v) is 3.60. The van der Waals surface area contributed by atoms with Gasteiger partial charge < -0.3 is 14.4 Å². The molecule has 4 nitrogen and oxygen atoms in total. The van der Waals surface area contributed by atoms with Crippen LogP contribution in [-0.2, 0) is 11.2 Å². The molecule has 0 N–H and O–H groups in total. The number of methoxy groups -OCH3 is 2. The Morgan fingerprint density at radius 3 is 2.35 bits per heavy atom. The molecule has 0 saturated carbocycles. The fourth-order valence-electron chi connectivity index (χ4n) is 3.60. The maximum absolute atomic E-state index is 12.7. The van der Waals surface area contributed by atoms with Crippen molar-refractivity contribution in [3.63, 3.8) is 0 Å². The van der Waals surface area contributed by atoms with Crippen LogP contribution in [0.15, 0.2) is 18.2 Å². The smallest absolute Gasteiger partial charge is 0.225 e. The van der Waals surface area contributed by atoms with Crippen LogP contribution in [0.1, 0.15) is 32.8 Å². The molecule has 1 saturated heterocycles. The minimum atomic E-state index is -0.0226. The summed E-state index contributed by atoms with van der Waals surface area (Å²) >= 11 is 0. The second-order valence-corrected chi connectivity index (χ2v) is 6.98. The van der Waals surface area contributed by atoms with Gasteiger partial charge in [-0.05, 0) is 42.4 Å². The molecule has 1 aromatic carbocycles. The predicted molar refractivity (Wildman–Crippen MR) is 91.9 cm³/mol. The largest absolute Gasteiger partial charge is 0.493 e. The lowest BCUT2D eigenvalue weighted by atomic mass is 9.90. The quantitative estimate of drug-likeness (QED) is 0.835. The maximum Gasteiger partial charge on any atom is 0.225 e. The second-order valence-electron chi connectivity index (χ2n) is 6.98. The van der Waals surface area contributed by atoms with E-state index in [2.05, 4.69) is 13.8 Å². The molecule has 1 aliphatic rings. The number of benzene rings is 1. The minimum absolute atomic E-state index is 0.0226. The van der Waals surface area contributed by atoms with Crippen molar-refractivity contribution in [2.45, 2.75) is 33.6 Å². The Bertz CT molecular complexity index is 533. The molecule has 3 atom stereocenters. The molecule has 1 amide bonds. The second kappa shape index (κ2) is 7.71. The number of amides is 1. The lowest BCUT2D eigenvalue weighted by Crippen LogP contribution is -2.45. The van der Waals surface area contributed by atoms with Gasteiger partial charge in [-0.15, -0.1) is 0 Å². The summed E-state index contributed by atoms with van der Waals surface area (Å²) < 4.78 is 10.6. The molecule has 0 bridgehead atoms. The third kappa shape index (κ3) is 4.40. The van der Waals surface area contributed by atoms with Crippen molar-refractivity contribution in [2.75, 3.05) is 27.3 Å². The Morgan fingerprint density at radius 2 is 1.78 bits per heavy atom. The normalized spacial score (nSPS) is 22.6. The van der Waals surface area contributed by atoms with E-state index in [1.165, 1.54) is 6.42 Å². The molecule has 0 spiro atoms. The Balaban J connectivity index is 2.03. The average Bonchev–Trinajstić information content (AvgIpc) is 2.52. The first-order chi connectivity index (χ1) is 10.9. The van der Waals surface area contributed by atoms with Gasteiger partial charge in [-0.1, -0.05) is 26.8 Å². The number of likely N-dealkylation sites (tertiary alicyclic amines) is 1. The van der Waals surface area contributed by atoms with Gasteiger partial charge in [0.05, 0.1) is 14.2 Å². The summed E-state index contributed by atoms with van der Waals surface area (Å²) in [6.45, 7) is 8.26. The van der Waals surface area contributed by atoms with Crippen LogP contribution in [-0.4, -0.2) is 38.1 Å². The standard InChI is InChI=1S/C19H29NO3/c1-13-8-14(2)12-20(11-13)19(21)15(3)9-16-6-7-17(22-4)18(10-16)23-5/h6-7,10,13-15H,8-9,11-12H2,1-5H3. The molecule has 0 aliphatic carbocycles. The van der Waals surface area contributed by atoms with Crippen molar-refractivity contribution < 1.29 is 14.3 Å². The first kappa shape index (κ1) is 17.6. The van der Waals surface area contributed by atoms with E-state index < -0.39 is 0 Å². The lowest BCUT2D eigenvalue weighted by Gasteiger charge is -2.36. The zero-order valence-corrected chi connectivity index (χ0v) is 15.0. The zero-order chi connectivity index (χ0) is 17.0. The van der Waals surface area contributed by atoms with Crippen LogP contribution >= 0.6 is 0 Å². The van der Waals surface area contributed by atoms with Crippen LogP contribution in [0.2, 0.25) is 0 Å². The van der Waals surface area contributed by atoms with Crippen molar-refractivity contribution in [1.29, 1.82) is 0 Å². The van der Waals surface area contributed by atoms with Crippen molar-refractivity contribution in [1.82, 2.24) is 4.90 Å². The van der Waals surface area contributed by atoms with Crippen molar-refractivity contribution in [2.24, 2.45) is 17.8 Å². The average molecular weight is 319 g/mol. The number of carbonyl (C=O) groups is 1. The van der Waals surface area contributed by atoms with E-state index in [-0.39, 0.29) is 11.8 Å². The minimum Gasteiger partial charge on any atom is -0.493 e. The third-order valence-corrected chi connectivity index (χ3v) is 4.59. The molecule has 1 fully saturated rings. The fraction of sp³-hybridized carbons (Fsp3) is 0.632. The summed E-state index contributed by atoms with van der Waals surface area (Å²) in [5, 5.41) is 0. The molecule has 0 aromatic heterocycles. The van der Waals surface area contributed by atoms with E-state index in [0.717, 1.165) is 25.1 Å². The monoisotopic (exact) mass is 319 g/mol. The number of ether oxygens (including phenoxy) is 2. The van der Waals surface area contributed by atoms with Gasteiger partial charge in [-0.2, -0.15) is 0 Å². The van der Waals surface area contributed by atoms with Gasteiger partial charge in [0.15, 0.2) is 11.5 Å². The number of piperidine rings is 1. The first-order valence-electron chi connectivity index (χ1n) is 8.44. The highest BCUT2D eigenvalue weighted by Crippen LogP contribution is 2.29. The summed E-state index contributed by atoms with van der Waals surface area (Å²) in [7, 11) is 3.26. The first-order valence-corrected chi connectivity index (χ1v) is 8.44. The van der Waals surface area contributed by atoms with Crippen LogP contribution in [0, 0.1) is 17.8 Å². The van der Waals surface area contributed by atoms with E-state index in [1.54, 1.807) is 14.2 Å². The highest BCUT2D eigenvalue weighted by atomic mass is 16.5. The number of rotatable bonds is 5. The third-order valence-electron chi connectivity index (χ3n) is 4.59. The SMILES string of the molecule is COc1ccc(CC(C)C(=O)N2CC(C)CC(C)C2)cc1OC. The number of carbonyl (C=O) groups excluding carboxylic acids is 1. The summed E-state index contributed by atoms with van der Waals surface area (Å²) in [6, 6.07) is 5.87. The number of nitrogens with zero attached hydrogens (tertiary/aromatic N) is 1. The number of hydrogen-bond donors (Lipinski definition) is 0. The molecule has 0 radical (unpaired) electrons. The molecule has 1 aromatic rings. The van der Waals surface area contributed by atoms with Crippen LogP contribution in [0.25, 0.3) is 0 Å². The zero-order valence-electron chi connectivity index (χ0n) is 15.0. The Labute approximate surface area is 139 Å². The highest BCUT2D eigenvalue weighted by Gasteiger charge is 2.28. The molecule has 3 unspecified atom stereocenters. The van der Waals surface area contributed by atoms with Crippen LogP contribution in [0.3, 0.4) is 0 Å². The van der Waals surface area contributed by atoms with Gasteiger partial charge in [0, 0.05) is 19.0 Å². The van der Waals surface area contributed by atoms with Crippen LogP contribution in [0.4, 0.5) is 0 Å². The summed E-state index contributed by atoms with van der Waals surface area (Å²) in [5.74, 6) is 2.86. The van der Waals surface area contributed by atoms with Crippen LogP contribution < -0.4 is 9.47 Å². The maximum atomic E-state index is 12.7. The summed E-state index contributed by atoms with van der Waals surface area (Å²) in [6.07, 6.45) is 1.94. The Kier molecular flexibility index (Phi) is 5.91. The van der Waals surface area contributed by atoms with E-state index in [4.69, 9.17) is 9.47 Å². The van der Waals surface area contributed by atoms with Crippen molar-refractivity contribution >= 4 is 5.91 Å². The highest BCUT2D eigenvalue weighted by molar-refractivity contribution is 5.79. The van der Waals surface area contributed by atoms with Gasteiger partial charge in [-0.25, -0.2) is 0 Å². The van der Waals surface area contributed by atoms with Crippen molar-refractivity contribution in [3.8, 4) is 11.5 Å². The van der Waals surface area contributed by atoms with Gasteiger partial charge in [0.25, 0.3) is 0 Å². The van der Waals surface area contributed by atoms with E-state index in [1.807, 2.05) is 30.0 Å². The summed E-state index contributed by atoms with van der Waals surface area (Å²) in [4.78, 5) is 14.8. The Hall–Kier alpha value is -1.71. The lowest BCUT2D eigenvalue weighted by molar-refractivity contribution is -0.137. The topological polar surface area (TPSA) is 38.8 Å². The molecule has 128 valence electrons. The van der Waals surface area contributed by atoms with Gasteiger partial charge in [-0.3, -0.25) is 4.79 Å². The summed E-state index contributed by atoms with van der Waals surface area (Å²) in [5.41, 5.74) is 1.10. The molecule has 4 heteroatoms. The predicted octanol–water partition coefficient (Wildman–Crippen LogP) is 3.39. The van der Waals surface area contributed by atoms with Crippen LogP contribution in [0.5, 0.6) is 11.5 Å². The van der Waals surface area contributed by atoms with Crippen molar-refractivity contribution in [3.05, 3.63) is 23.8 Å². The number of hydrogen-bond acceptors (Lipinski definition) is 3. The molecule has 1 aliphatic heterocycles. The molecule has 1 heterocycles. The molecular formula is C19H29NO3. The molecule has 23 heavy (non-hydrogen) atoms. The molecular weight excluding hydrogens is 290 g/mol.